The SMILES string of the molecule is CCCCN(C=Nc1nc2c(ncn2[C@H]2O[C@@H](COC(c3ccccc3)(c3ccc(OC)cc3)c3ccc(OC)cc3)[C@H](O)[C@@H]2O[Si](C)(C)C(C)(C)C)c(=O)[nH]1)CCCC. The highest BCUT2D eigenvalue weighted by atomic mass is 28.4. The monoisotopic (exact) mass is 838 g/mol. The van der Waals surface area contributed by atoms with Crippen molar-refractivity contribution in [2.24, 2.45) is 4.99 Å². The van der Waals surface area contributed by atoms with Gasteiger partial charge in [0.05, 0.1) is 33.5 Å². The molecule has 2 N–H and O–H groups in total. The third kappa shape index (κ3) is 9.53. The summed E-state index contributed by atoms with van der Waals surface area (Å²) in [6.45, 7) is 16.7. The number of benzene rings is 3. The fraction of sp³-hybridized carbons (Fsp3) is 0.478. The van der Waals surface area contributed by atoms with Gasteiger partial charge in [-0.1, -0.05) is 102 Å². The fourth-order valence-electron chi connectivity index (χ4n) is 7.25. The van der Waals surface area contributed by atoms with Gasteiger partial charge in [0.2, 0.25) is 5.95 Å². The highest BCUT2D eigenvalue weighted by molar-refractivity contribution is 6.74. The summed E-state index contributed by atoms with van der Waals surface area (Å²) in [6.07, 6.45) is 3.70. The number of nitrogens with one attached hydrogen (secondary N) is 1. The van der Waals surface area contributed by atoms with Crippen molar-refractivity contribution >= 4 is 31.8 Å². The number of ether oxygens (including phenoxy) is 4. The number of methoxy groups -OCH3 is 2. The van der Waals surface area contributed by atoms with E-state index < -0.39 is 44.0 Å². The number of hydrogen-bond acceptors (Lipinski definition) is 10. The van der Waals surface area contributed by atoms with E-state index in [0.717, 1.165) is 55.5 Å². The molecule has 1 aliphatic heterocycles. The predicted molar refractivity (Wildman–Crippen MR) is 238 cm³/mol. The number of aromatic nitrogens is 4. The van der Waals surface area contributed by atoms with Crippen molar-refractivity contribution in [3.8, 4) is 11.5 Å². The Kier molecular flexibility index (Phi) is 14.3. The number of aliphatic imine (C=N–C) groups is 1. The van der Waals surface area contributed by atoms with Crippen molar-refractivity contribution in [3.63, 3.8) is 0 Å². The zero-order chi connectivity index (χ0) is 43.1. The van der Waals surface area contributed by atoms with E-state index in [4.69, 9.17) is 28.4 Å². The van der Waals surface area contributed by atoms with Gasteiger partial charge in [-0.25, -0.2) is 9.98 Å². The minimum Gasteiger partial charge on any atom is -0.497 e. The summed E-state index contributed by atoms with van der Waals surface area (Å²) in [4.78, 5) is 32.3. The molecule has 1 aliphatic rings. The van der Waals surface area contributed by atoms with E-state index in [1.807, 2.05) is 78.9 Å². The van der Waals surface area contributed by atoms with Crippen molar-refractivity contribution in [2.45, 2.75) is 109 Å². The highest BCUT2D eigenvalue weighted by Crippen LogP contribution is 2.45. The minimum absolute atomic E-state index is 0.0382. The molecule has 0 unspecified atom stereocenters. The number of fused-ring (bicyclic) bond motifs is 1. The number of aliphatic hydroxyl groups excluding tert-OH is 1. The van der Waals surface area contributed by atoms with Crippen LogP contribution in [0.4, 0.5) is 5.95 Å². The Morgan fingerprint density at radius 2 is 1.47 bits per heavy atom. The first kappa shape index (κ1) is 44.7. The number of H-pyrrole nitrogens is 1. The molecule has 0 radical (unpaired) electrons. The predicted octanol–water partition coefficient (Wildman–Crippen LogP) is 8.36. The van der Waals surface area contributed by atoms with Gasteiger partial charge in [-0.2, -0.15) is 4.98 Å². The zero-order valence-corrected chi connectivity index (χ0v) is 37.6. The molecule has 322 valence electrons. The molecule has 0 bridgehead atoms. The van der Waals surface area contributed by atoms with Crippen LogP contribution >= 0.6 is 0 Å². The summed E-state index contributed by atoms with van der Waals surface area (Å²) in [5.41, 5.74) is 1.40. The Hall–Kier alpha value is -4.86. The van der Waals surface area contributed by atoms with Gasteiger partial charge >= 0.3 is 0 Å². The second kappa shape index (κ2) is 19.2. The molecule has 60 heavy (non-hydrogen) atoms. The Labute approximate surface area is 354 Å². The van der Waals surface area contributed by atoms with Crippen LogP contribution in [-0.2, 0) is 19.5 Å². The molecule has 0 aliphatic carbocycles. The molecule has 13 nitrogen and oxygen atoms in total. The van der Waals surface area contributed by atoms with E-state index in [9.17, 15) is 9.90 Å². The largest absolute Gasteiger partial charge is 0.497 e. The van der Waals surface area contributed by atoms with Crippen molar-refractivity contribution in [2.75, 3.05) is 33.9 Å². The first-order valence-corrected chi connectivity index (χ1v) is 23.9. The van der Waals surface area contributed by atoms with E-state index in [0.29, 0.717) is 11.5 Å². The lowest BCUT2D eigenvalue weighted by atomic mass is 9.80. The number of aromatic amines is 1. The third-order valence-corrected chi connectivity index (χ3v) is 16.3. The Morgan fingerprint density at radius 1 is 0.900 bits per heavy atom. The topological polar surface area (TPSA) is 146 Å². The molecule has 1 fully saturated rings. The normalized spacial score (nSPS) is 18.7. The number of imidazole rings is 1. The summed E-state index contributed by atoms with van der Waals surface area (Å²) in [5.74, 6) is 1.56. The molecular formula is C46H62N6O7Si. The van der Waals surface area contributed by atoms with Gasteiger partial charge in [0.25, 0.3) is 5.56 Å². The van der Waals surface area contributed by atoms with Crippen LogP contribution in [-0.4, -0.2) is 96.4 Å². The van der Waals surface area contributed by atoms with E-state index in [1.54, 1.807) is 25.1 Å². The Bertz CT molecular complexity index is 2170. The average molecular weight is 839 g/mol. The molecule has 6 rings (SSSR count). The number of hydrogen-bond donors (Lipinski definition) is 2. The second-order valence-electron chi connectivity index (χ2n) is 16.9. The van der Waals surface area contributed by atoms with Crippen molar-refractivity contribution in [1.29, 1.82) is 0 Å². The third-order valence-electron chi connectivity index (χ3n) is 11.8. The molecule has 2 aromatic heterocycles. The van der Waals surface area contributed by atoms with Crippen LogP contribution in [0, 0.1) is 0 Å². The summed E-state index contributed by atoms with van der Waals surface area (Å²) in [6, 6.07) is 25.6. The standard InChI is InChI=1S/C46H62N6O7Si/c1-10-12-27-51(28-13-11-2)30-48-44-49-41-38(42(54)50-44)47-31-52(41)43-40(59-60(8,9)45(3,4)5)39(53)37(58-43)29-57-46(32-17-15-14-16-18-32,33-19-23-35(55-6)24-20-33)34-21-25-36(56-7)26-22-34/h14-26,30-31,37,39-40,43,53H,10-13,27-29H2,1-9H3,(H,49,50,54)/t37-,39-,40-,43-/m0/s1. The van der Waals surface area contributed by atoms with Crippen molar-refractivity contribution in [1.82, 2.24) is 24.4 Å². The lowest BCUT2D eigenvalue weighted by Gasteiger charge is -2.40. The Morgan fingerprint density at radius 3 is 2.00 bits per heavy atom. The fourth-order valence-corrected chi connectivity index (χ4v) is 8.54. The quantitative estimate of drug-likeness (QED) is 0.0360. The molecule has 4 atom stereocenters. The maximum Gasteiger partial charge on any atom is 0.280 e. The van der Waals surface area contributed by atoms with E-state index >= 15 is 0 Å². The summed E-state index contributed by atoms with van der Waals surface area (Å²) in [7, 11) is 0.747. The Balaban J connectivity index is 1.42. The summed E-state index contributed by atoms with van der Waals surface area (Å²) in [5, 5.41) is 12.2. The molecule has 0 amide bonds. The van der Waals surface area contributed by atoms with Crippen LogP contribution in [0.3, 0.4) is 0 Å². The average Bonchev–Trinajstić information content (AvgIpc) is 3.81. The van der Waals surface area contributed by atoms with E-state index in [1.165, 1.54) is 6.33 Å². The first-order valence-electron chi connectivity index (χ1n) is 21.0. The molecule has 3 aromatic carbocycles. The van der Waals surface area contributed by atoms with E-state index in [-0.39, 0.29) is 28.8 Å². The maximum atomic E-state index is 13.5. The lowest BCUT2D eigenvalue weighted by Crippen LogP contribution is -2.49. The van der Waals surface area contributed by atoms with Gasteiger partial charge in [-0.15, -0.1) is 0 Å². The molecular weight excluding hydrogens is 777 g/mol. The molecule has 5 aromatic rings. The van der Waals surface area contributed by atoms with E-state index in [2.05, 4.69) is 67.6 Å². The lowest BCUT2D eigenvalue weighted by molar-refractivity contribution is -0.0940. The molecule has 3 heterocycles. The minimum atomic E-state index is -2.52. The molecule has 0 spiro atoms. The van der Waals surface area contributed by atoms with Crippen LogP contribution < -0.4 is 15.0 Å². The molecule has 14 heteroatoms. The van der Waals surface area contributed by atoms with Crippen LogP contribution in [0.2, 0.25) is 18.1 Å². The zero-order valence-electron chi connectivity index (χ0n) is 36.6. The number of nitrogens with zero attached hydrogens (tertiary/aromatic N) is 5. The first-order chi connectivity index (χ1) is 28.8. The van der Waals surface area contributed by atoms with Gasteiger partial charge in [0.15, 0.2) is 25.7 Å². The highest BCUT2D eigenvalue weighted by Gasteiger charge is 2.52. The smallest absolute Gasteiger partial charge is 0.280 e. The van der Waals surface area contributed by atoms with Crippen LogP contribution in [0.15, 0.2) is 95.0 Å². The van der Waals surface area contributed by atoms with Gasteiger partial charge in [0, 0.05) is 13.1 Å². The number of aliphatic hydroxyl groups is 1. The van der Waals surface area contributed by atoms with Crippen LogP contribution in [0.1, 0.15) is 83.2 Å². The second-order valence-corrected chi connectivity index (χ2v) is 21.7. The van der Waals surface area contributed by atoms with Gasteiger partial charge < -0.3 is 33.4 Å². The number of unbranched alkanes of at least 4 members (excludes halogenated alkanes) is 2. The summed E-state index contributed by atoms with van der Waals surface area (Å²) < 4.78 is 33.8. The van der Waals surface area contributed by atoms with Crippen molar-refractivity contribution < 1.29 is 28.5 Å². The van der Waals surface area contributed by atoms with Gasteiger partial charge in [0.1, 0.15) is 35.4 Å². The maximum absolute atomic E-state index is 13.5. The number of rotatable bonds is 19. The van der Waals surface area contributed by atoms with Crippen LogP contribution in [0.25, 0.3) is 11.2 Å². The molecule has 0 saturated carbocycles. The van der Waals surface area contributed by atoms with Crippen molar-refractivity contribution in [3.05, 3.63) is 112 Å². The van der Waals surface area contributed by atoms with Gasteiger partial charge in [-0.05, 0) is 71.9 Å². The molecule has 1 saturated heterocycles. The van der Waals surface area contributed by atoms with Gasteiger partial charge in [-0.3, -0.25) is 14.3 Å². The summed E-state index contributed by atoms with van der Waals surface area (Å²) >= 11 is 0. The van der Waals surface area contributed by atoms with Crippen LogP contribution in [0.5, 0.6) is 11.5 Å².